The molecule has 118 valence electrons. The largest absolute Gasteiger partial charge is 0.339 e. The highest BCUT2D eigenvalue weighted by molar-refractivity contribution is 5.98. The summed E-state index contributed by atoms with van der Waals surface area (Å²) in [5, 5.41) is 4.31. The molecule has 3 rings (SSSR count). The predicted molar refractivity (Wildman–Crippen MR) is 81.7 cm³/mol. The molecular weight excluding hydrogens is 282 g/mol. The van der Waals surface area contributed by atoms with E-state index in [2.05, 4.69) is 16.6 Å². The van der Waals surface area contributed by atoms with Gasteiger partial charge in [-0.05, 0) is 0 Å². The van der Waals surface area contributed by atoms with E-state index in [1.54, 1.807) is 22.7 Å². The number of rotatable bonds is 3. The lowest BCUT2D eigenvalue weighted by molar-refractivity contribution is 0.0642. The first-order valence-electron chi connectivity index (χ1n) is 7.56. The number of likely N-dealkylation sites (N-methyl/N-ethyl adjacent to an activating group) is 1. The van der Waals surface area contributed by atoms with E-state index in [1.807, 2.05) is 11.0 Å². The third-order valence-corrected chi connectivity index (χ3v) is 4.26. The molecule has 2 amide bonds. The summed E-state index contributed by atoms with van der Waals surface area (Å²) < 4.78 is 1.64. The molecule has 0 bridgehead atoms. The Balaban J connectivity index is 1.70. The van der Waals surface area contributed by atoms with Crippen molar-refractivity contribution >= 4 is 11.8 Å². The predicted octanol–water partition coefficient (Wildman–Crippen LogP) is -0.0875. The zero-order chi connectivity index (χ0) is 15.7. The molecule has 0 aliphatic carbocycles. The van der Waals surface area contributed by atoms with E-state index >= 15 is 0 Å². The van der Waals surface area contributed by atoms with E-state index in [9.17, 15) is 9.59 Å². The third kappa shape index (κ3) is 2.64. The molecule has 1 aromatic rings. The van der Waals surface area contributed by atoms with Crippen molar-refractivity contribution in [1.29, 1.82) is 0 Å². The third-order valence-electron chi connectivity index (χ3n) is 4.26. The standard InChI is InChI=1S/C15H21N5O2/c1-3-4-18-6-8-19(9-7-18)14(21)12-11-13-15(22)17(2)5-10-20(13)16-12/h3,11H,1,4-10H2,2H3. The van der Waals surface area contributed by atoms with Crippen LogP contribution in [0.15, 0.2) is 18.7 Å². The van der Waals surface area contributed by atoms with Crippen LogP contribution in [-0.2, 0) is 6.54 Å². The van der Waals surface area contributed by atoms with Gasteiger partial charge in [-0.15, -0.1) is 6.58 Å². The summed E-state index contributed by atoms with van der Waals surface area (Å²) in [5.41, 5.74) is 0.873. The first-order chi connectivity index (χ1) is 10.6. The van der Waals surface area contributed by atoms with Crippen molar-refractivity contribution < 1.29 is 9.59 Å². The number of fused-ring (bicyclic) bond motifs is 1. The van der Waals surface area contributed by atoms with Crippen molar-refractivity contribution in [2.75, 3.05) is 46.3 Å². The molecule has 0 saturated carbocycles. The quantitative estimate of drug-likeness (QED) is 0.732. The Hall–Kier alpha value is -2.15. The van der Waals surface area contributed by atoms with E-state index < -0.39 is 0 Å². The number of hydrogen-bond acceptors (Lipinski definition) is 4. The summed E-state index contributed by atoms with van der Waals surface area (Å²) in [6, 6.07) is 1.62. The minimum atomic E-state index is -0.0874. The number of hydrogen-bond donors (Lipinski definition) is 0. The van der Waals surface area contributed by atoms with Crippen molar-refractivity contribution in [1.82, 2.24) is 24.5 Å². The number of nitrogens with zero attached hydrogens (tertiary/aromatic N) is 5. The van der Waals surface area contributed by atoms with Gasteiger partial charge < -0.3 is 9.80 Å². The Morgan fingerprint density at radius 3 is 2.68 bits per heavy atom. The average Bonchev–Trinajstić information content (AvgIpc) is 2.96. The van der Waals surface area contributed by atoms with Gasteiger partial charge in [0.25, 0.3) is 11.8 Å². The molecule has 3 heterocycles. The van der Waals surface area contributed by atoms with Gasteiger partial charge in [-0.3, -0.25) is 19.2 Å². The van der Waals surface area contributed by atoms with Crippen molar-refractivity contribution in [2.24, 2.45) is 0 Å². The monoisotopic (exact) mass is 303 g/mol. The number of carbonyl (C=O) groups excluding carboxylic acids is 2. The molecule has 0 unspecified atom stereocenters. The van der Waals surface area contributed by atoms with Crippen LogP contribution in [0.5, 0.6) is 0 Å². The molecule has 0 N–H and O–H groups in total. The van der Waals surface area contributed by atoms with Crippen LogP contribution < -0.4 is 0 Å². The van der Waals surface area contributed by atoms with Gasteiger partial charge >= 0.3 is 0 Å². The van der Waals surface area contributed by atoms with Crippen molar-refractivity contribution in [3.05, 3.63) is 30.1 Å². The number of aromatic nitrogens is 2. The SMILES string of the molecule is C=CCN1CCN(C(=O)c2cc3n(n2)CCN(C)C3=O)CC1. The summed E-state index contributed by atoms with van der Waals surface area (Å²) in [6.45, 7) is 8.90. The lowest BCUT2D eigenvalue weighted by Crippen LogP contribution is -2.48. The van der Waals surface area contributed by atoms with Gasteiger partial charge in [-0.2, -0.15) is 5.10 Å². The Labute approximate surface area is 129 Å². The smallest absolute Gasteiger partial charge is 0.274 e. The maximum Gasteiger partial charge on any atom is 0.274 e. The summed E-state index contributed by atoms with van der Waals surface area (Å²) in [6.07, 6.45) is 1.88. The molecule has 7 heteroatoms. The van der Waals surface area contributed by atoms with Gasteiger partial charge in [0.2, 0.25) is 0 Å². The van der Waals surface area contributed by atoms with Gasteiger partial charge in [0.1, 0.15) is 5.69 Å². The van der Waals surface area contributed by atoms with Crippen molar-refractivity contribution in [3.8, 4) is 0 Å². The summed E-state index contributed by atoms with van der Waals surface area (Å²) in [4.78, 5) is 30.3. The number of amides is 2. The molecule has 0 atom stereocenters. The van der Waals surface area contributed by atoms with E-state index in [1.165, 1.54) is 0 Å². The lowest BCUT2D eigenvalue weighted by atomic mass is 10.2. The van der Waals surface area contributed by atoms with Gasteiger partial charge in [0, 0.05) is 52.4 Å². The molecule has 0 radical (unpaired) electrons. The fourth-order valence-electron chi connectivity index (χ4n) is 2.88. The molecule has 1 fully saturated rings. The summed E-state index contributed by atoms with van der Waals surface area (Å²) in [5.74, 6) is -0.163. The Bertz CT molecular complexity index is 601. The summed E-state index contributed by atoms with van der Waals surface area (Å²) >= 11 is 0. The van der Waals surface area contributed by atoms with E-state index in [0.717, 1.165) is 19.6 Å². The van der Waals surface area contributed by atoms with E-state index in [-0.39, 0.29) is 11.8 Å². The minimum absolute atomic E-state index is 0.0754. The van der Waals surface area contributed by atoms with Gasteiger partial charge in [-0.1, -0.05) is 6.08 Å². The lowest BCUT2D eigenvalue weighted by Gasteiger charge is -2.33. The van der Waals surface area contributed by atoms with Crippen molar-refractivity contribution in [3.63, 3.8) is 0 Å². The van der Waals surface area contributed by atoms with E-state index in [0.29, 0.717) is 37.6 Å². The first kappa shape index (κ1) is 14.8. The fraction of sp³-hybridized carbons (Fsp3) is 0.533. The highest BCUT2D eigenvalue weighted by Gasteiger charge is 2.28. The topological polar surface area (TPSA) is 61.7 Å². The number of piperazine rings is 1. The molecule has 1 aromatic heterocycles. The highest BCUT2D eigenvalue weighted by Crippen LogP contribution is 2.15. The zero-order valence-electron chi connectivity index (χ0n) is 12.9. The van der Waals surface area contributed by atoms with Crippen LogP contribution in [-0.4, -0.2) is 82.6 Å². The Morgan fingerprint density at radius 1 is 1.27 bits per heavy atom. The minimum Gasteiger partial charge on any atom is -0.339 e. The van der Waals surface area contributed by atoms with Gasteiger partial charge in [0.15, 0.2) is 5.69 Å². The van der Waals surface area contributed by atoms with Crippen LogP contribution in [0.1, 0.15) is 21.0 Å². The van der Waals surface area contributed by atoms with Gasteiger partial charge in [-0.25, -0.2) is 0 Å². The maximum atomic E-state index is 12.6. The van der Waals surface area contributed by atoms with Crippen LogP contribution in [0.3, 0.4) is 0 Å². The van der Waals surface area contributed by atoms with Crippen LogP contribution in [0, 0.1) is 0 Å². The molecule has 2 aliphatic heterocycles. The second-order valence-electron chi connectivity index (χ2n) is 5.75. The average molecular weight is 303 g/mol. The molecule has 2 aliphatic rings. The van der Waals surface area contributed by atoms with Crippen molar-refractivity contribution in [2.45, 2.75) is 6.54 Å². The zero-order valence-corrected chi connectivity index (χ0v) is 12.9. The van der Waals surface area contributed by atoms with Crippen LogP contribution in [0.2, 0.25) is 0 Å². The summed E-state index contributed by atoms with van der Waals surface area (Å²) in [7, 11) is 1.76. The van der Waals surface area contributed by atoms with Crippen LogP contribution in [0.25, 0.3) is 0 Å². The molecule has 7 nitrogen and oxygen atoms in total. The highest BCUT2D eigenvalue weighted by atomic mass is 16.2. The molecule has 0 spiro atoms. The first-order valence-corrected chi connectivity index (χ1v) is 7.56. The molecule has 1 saturated heterocycles. The second-order valence-corrected chi connectivity index (χ2v) is 5.75. The van der Waals surface area contributed by atoms with Gasteiger partial charge in [0.05, 0.1) is 6.54 Å². The number of carbonyl (C=O) groups is 2. The molecular formula is C15H21N5O2. The van der Waals surface area contributed by atoms with E-state index in [4.69, 9.17) is 0 Å². The second kappa shape index (κ2) is 5.92. The maximum absolute atomic E-state index is 12.6. The molecule has 22 heavy (non-hydrogen) atoms. The Kier molecular flexibility index (Phi) is 3.98. The fourth-order valence-corrected chi connectivity index (χ4v) is 2.88. The normalized spacial score (nSPS) is 19.2. The Morgan fingerprint density at radius 2 is 2.00 bits per heavy atom. The molecule has 0 aromatic carbocycles. The van der Waals surface area contributed by atoms with Crippen LogP contribution >= 0.6 is 0 Å². The van der Waals surface area contributed by atoms with Crippen LogP contribution in [0.4, 0.5) is 0 Å².